The highest BCUT2D eigenvalue weighted by atomic mass is 17.0. The number of aryl methyl sites for hydroxylation is 1. The van der Waals surface area contributed by atoms with Crippen LogP contribution in [0, 0.1) is 0 Å². The Morgan fingerprint density at radius 1 is 1.12 bits per heavy atom. The molecule has 1 aromatic carbocycles. The van der Waals surface area contributed by atoms with E-state index in [4.69, 9.17) is 10.5 Å². The average molecular weight is 222 g/mol. The Labute approximate surface area is 98.2 Å². The van der Waals surface area contributed by atoms with Crippen LogP contribution in [0.2, 0.25) is 0 Å². The van der Waals surface area contributed by atoms with Gasteiger partial charge in [0.05, 0.1) is 0 Å². The van der Waals surface area contributed by atoms with E-state index in [2.05, 4.69) is 57.2 Å². The van der Waals surface area contributed by atoms with E-state index >= 15 is 0 Å². The highest BCUT2D eigenvalue weighted by Crippen LogP contribution is 2.15. The predicted molar refractivity (Wildman–Crippen MR) is 68.9 cm³/mol. The average Bonchev–Trinajstić information content (AvgIpc) is 2.33. The van der Waals surface area contributed by atoms with E-state index in [0.29, 0.717) is 5.92 Å². The number of benzene rings is 1. The van der Waals surface area contributed by atoms with E-state index < -0.39 is 0 Å². The van der Waals surface area contributed by atoms with Gasteiger partial charge < -0.3 is 0 Å². The topological polar surface area (TPSA) is 40.5 Å². The Hall–Kier alpha value is -1.12. The largest absolute Gasteiger partial charge is 0.255 e. The number of hydrogen-bond donors (Lipinski definition) is 2. The summed E-state index contributed by atoms with van der Waals surface area (Å²) in [7, 11) is 0. The molecule has 16 heavy (non-hydrogen) atoms. The molecule has 0 bridgehead atoms. The van der Waals surface area contributed by atoms with Crippen LogP contribution in [0.1, 0.15) is 44.2 Å². The van der Waals surface area contributed by atoms with Crippen molar-refractivity contribution in [1.29, 1.82) is 0 Å². The molecule has 0 saturated carbocycles. The molecule has 0 fully saturated rings. The molecule has 2 N–H and O–H groups in total. The summed E-state index contributed by atoms with van der Waals surface area (Å²) in [6.45, 7) is 6.53. The van der Waals surface area contributed by atoms with Crippen molar-refractivity contribution in [2.75, 3.05) is 0 Å². The van der Waals surface area contributed by atoms with Crippen LogP contribution in [-0.2, 0) is 6.42 Å². The van der Waals surface area contributed by atoms with Gasteiger partial charge in [-0.3, -0.25) is 10.5 Å². The van der Waals surface area contributed by atoms with E-state index in [1.54, 1.807) is 0 Å². The fraction of sp³-hybridized carbons (Fsp3) is 0.429. The second-order valence-corrected chi connectivity index (χ2v) is 4.00. The maximum Gasteiger partial charge on any atom is -0.0219 e. The number of allylic oxidation sites excluding steroid dienone is 2. The first-order chi connectivity index (χ1) is 7.74. The normalized spacial score (nSPS) is 10.4. The van der Waals surface area contributed by atoms with Gasteiger partial charge in [0.15, 0.2) is 0 Å². The van der Waals surface area contributed by atoms with Crippen LogP contribution in [0.25, 0.3) is 0 Å². The molecule has 0 atom stereocenters. The molecule has 0 aliphatic heterocycles. The molecule has 1 rings (SSSR count). The van der Waals surface area contributed by atoms with Gasteiger partial charge in [0, 0.05) is 0 Å². The molecule has 0 aliphatic rings. The monoisotopic (exact) mass is 222 g/mol. The minimum Gasteiger partial charge on any atom is -0.255 e. The van der Waals surface area contributed by atoms with Gasteiger partial charge in [-0.25, -0.2) is 0 Å². The lowest BCUT2D eigenvalue weighted by Gasteiger charge is -2.05. The summed E-state index contributed by atoms with van der Waals surface area (Å²) in [6.07, 6.45) is 6.64. The molecule has 0 amide bonds. The first-order valence-corrected chi connectivity index (χ1v) is 5.64. The molecule has 0 heterocycles. The van der Waals surface area contributed by atoms with Crippen molar-refractivity contribution in [2.24, 2.45) is 0 Å². The zero-order chi connectivity index (χ0) is 12.4. The van der Waals surface area contributed by atoms with E-state index in [1.807, 2.05) is 0 Å². The maximum absolute atomic E-state index is 6.00. The van der Waals surface area contributed by atoms with Crippen LogP contribution in [0.5, 0.6) is 0 Å². The highest BCUT2D eigenvalue weighted by molar-refractivity contribution is 5.24. The van der Waals surface area contributed by atoms with Crippen LogP contribution in [0.3, 0.4) is 0 Å². The molecule has 2 heteroatoms. The van der Waals surface area contributed by atoms with Gasteiger partial charge in [-0.15, -0.1) is 0 Å². The third kappa shape index (κ3) is 5.69. The molecular formula is C14H22O2. The second-order valence-electron chi connectivity index (χ2n) is 4.00. The predicted octanol–water partition coefficient (Wildman–Crippen LogP) is 4.34. The van der Waals surface area contributed by atoms with Crippen molar-refractivity contribution in [3.05, 3.63) is 47.5 Å². The zero-order valence-electron chi connectivity index (χ0n) is 10.4. The van der Waals surface area contributed by atoms with Crippen LogP contribution < -0.4 is 0 Å². The van der Waals surface area contributed by atoms with Crippen molar-refractivity contribution >= 4 is 0 Å². The quantitative estimate of drug-likeness (QED) is 0.452. The summed E-state index contributed by atoms with van der Waals surface area (Å²) < 4.78 is 0. The molecule has 1 aromatic rings. The van der Waals surface area contributed by atoms with Crippen molar-refractivity contribution in [3.8, 4) is 0 Å². The van der Waals surface area contributed by atoms with Crippen LogP contribution in [0.15, 0.2) is 36.4 Å². The fourth-order valence-electron chi connectivity index (χ4n) is 1.49. The maximum atomic E-state index is 6.00. The third-order valence-electron chi connectivity index (χ3n) is 2.48. The lowest BCUT2D eigenvalue weighted by Crippen LogP contribution is -1.88. The molecular weight excluding hydrogens is 200 g/mol. The smallest absolute Gasteiger partial charge is 0.0219 e. The van der Waals surface area contributed by atoms with Gasteiger partial charge >= 0.3 is 0 Å². The molecule has 90 valence electrons. The van der Waals surface area contributed by atoms with Gasteiger partial charge in [0.2, 0.25) is 0 Å². The molecule has 0 spiro atoms. The standard InChI is InChI=1S/C14H20.H2O2/c1-4-5-6-7-13-8-10-14(11-9-13)12(2)3;1-2/h4-5,8-12H,6-7H2,1-3H3;1-2H/b5-4+;. The Kier molecular flexibility index (Phi) is 8.49. The first kappa shape index (κ1) is 14.9. The van der Waals surface area contributed by atoms with Crippen molar-refractivity contribution in [3.63, 3.8) is 0 Å². The molecule has 2 nitrogen and oxygen atoms in total. The Morgan fingerprint density at radius 3 is 2.12 bits per heavy atom. The van der Waals surface area contributed by atoms with Crippen LogP contribution in [0.4, 0.5) is 0 Å². The van der Waals surface area contributed by atoms with Gasteiger partial charge in [-0.05, 0) is 36.8 Å². The summed E-state index contributed by atoms with van der Waals surface area (Å²) >= 11 is 0. The van der Waals surface area contributed by atoms with Gasteiger partial charge in [-0.1, -0.05) is 50.3 Å². The third-order valence-corrected chi connectivity index (χ3v) is 2.48. The van der Waals surface area contributed by atoms with E-state index in [0.717, 1.165) is 12.8 Å². The van der Waals surface area contributed by atoms with Crippen LogP contribution in [-0.4, -0.2) is 10.5 Å². The molecule has 0 unspecified atom stereocenters. The van der Waals surface area contributed by atoms with Crippen molar-refractivity contribution in [1.82, 2.24) is 0 Å². The first-order valence-electron chi connectivity index (χ1n) is 5.64. The molecule has 0 aromatic heterocycles. The summed E-state index contributed by atoms with van der Waals surface area (Å²) in [5, 5.41) is 12.0. The van der Waals surface area contributed by atoms with Gasteiger partial charge in [0.1, 0.15) is 0 Å². The number of rotatable bonds is 4. The van der Waals surface area contributed by atoms with Crippen LogP contribution >= 0.6 is 0 Å². The SMILES string of the molecule is C/C=C/CCc1ccc(C(C)C)cc1.OO. The fourth-order valence-corrected chi connectivity index (χ4v) is 1.49. The molecule has 0 saturated heterocycles. The number of hydrogen-bond acceptors (Lipinski definition) is 2. The second kappa shape index (κ2) is 9.13. The Balaban J connectivity index is 0.00000106. The minimum absolute atomic E-state index is 0.639. The van der Waals surface area contributed by atoms with Crippen molar-refractivity contribution < 1.29 is 10.5 Å². The van der Waals surface area contributed by atoms with E-state index in [1.165, 1.54) is 11.1 Å². The summed E-state index contributed by atoms with van der Waals surface area (Å²) in [4.78, 5) is 0. The molecule has 0 aliphatic carbocycles. The van der Waals surface area contributed by atoms with Gasteiger partial charge in [-0.2, -0.15) is 0 Å². The highest BCUT2D eigenvalue weighted by Gasteiger charge is 1.97. The Morgan fingerprint density at radius 2 is 1.69 bits per heavy atom. The summed E-state index contributed by atoms with van der Waals surface area (Å²) in [5.41, 5.74) is 2.87. The zero-order valence-corrected chi connectivity index (χ0v) is 10.4. The summed E-state index contributed by atoms with van der Waals surface area (Å²) in [5.74, 6) is 0.639. The van der Waals surface area contributed by atoms with E-state index in [9.17, 15) is 0 Å². The van der Waals surface area contributed by atoms with Crippen molar-refractivity contribution in [2.45, 2.75) is 39.5 Å². The lowest BCUT2D eigenvalue weighted by atomic mass is 10.0. The minimum atomic E-state index is 0.639. The Bertz CT molecular complexity index is 286. The lowest BCUT2D eigenvalue weighted by molar-refractivity contribution is -0.176. The van der Waals surface area contributed by atoms with Gasteiger partial charge in [0.25, 0.3) is 0 Å². The summed E-state index contributed by atoms with van der Waals surface area (Å²) in [6, 6.07) is 8.99. The van der Waals surface area contributed by atoms with E-state index in [-0.39, 0.29) is 0 Å². The molecule has 0 radical (unpaired) electrons.